The lowest BCUT2D eigenvalue weighted by atomic mass is 9.80. The third-order valence-corrected chi connectivity index (χ3v) is 3.04. The average Bonchev–Trinajstić information content (AvgIpc) is 2.12. The van der Waals surface area contributed by atoms with Gasteiger partial charge in [0.15, 0.2) is 0 Å². The van der Waals surface area contributed by atoms with Crippen molar-refractivity contribution in [1.82, 2.24) is 0 Å². The van der Waals surface area contributed by atoms with Gasteiger partial charge in [0.1, 0.15) is 0 Å². The van der Waals surface area contributed by atoms with Crippen LogP contribution in [-0.4, -0.2) is 0 Å². The molecule has 0 radical (unpaired) electrons. The van der Waals surface area contributed by atoms with E-state index in [0.717, 1.165) is 5.92 Å². The van der Waals surface area contributed by atoms with Gasteiger partial charge < -0.3 is 5.73 Å². The van der Waals surface area contributed by atoms with Crippen LogP contribution in [0.15, 0.2) is 30.3 Å². The fourth-order valence-electron chi connectivity index (χ4n) is 1.92. The Hall–Kier alpha value is -0.820. The third kappa shape index (κ3) is 2.10. The summed E-state index contributed by atoms with van der Waals surface area (Å²) in [5.41, 5.74) is 7.39. The molecule has 13 heavy (non-hydrogen) atoms. The predicted octanol–water partition coefficient (Wildman–Crippen LogP) is 2.88. The SMILES string of the molecule is N[C@@H](CC1CCC1)c1ccccc1. The van der Waals surface area contributed by atoms with Crippen LogP contribution in [0.3, 0.4) is 0 Å². The molecule has 0 saturated heterocycles. The zero-order chi connectivity index (χ0) is 9.10. The maximum atomic E-state index is 6.11. The molecule has 1 aromatic carbocycles. The lowest BCUT2D eigenvalue weighted by Gasteiger charge is -2.28. The third-order valence-electron chi connectivity index (χ3n) is 3.04. The summed E-state index contributed by atoms with van der Waals surface area (Å²) in [4.78, 5) is 0. The smallest absolute Gasteiger partial charge is 0.0297 e. The first kappa shape index (κ1) is 8.76. The monoisotopic (exact) mass is 175 g/mol. The van der Waals surface area contributed by atoms with E-state index in [4.69, 9.17) is 5.73 Å². The number of hydrogen-bond acceptors (Lipinski definition) is 1. The average molecular weight is 175 g/mol. The Bertz CT molecular complexity index is 251. The molecular weight excluding hydrogens is 158 g/mol. The van der Waals surface area contributed by atoms with Crippen LogP contribution in [0, 0.1) is 5.92 Å². The van der Waals surface area contributed by atoms with Crippen molar-refractivity contribution in [1.29, 1.82) is 0 Å². The fraction of sp³-hybridized carbons (Fsp3) is 0.500. The number of rotatable bonds is 3. The van der Waals surface area contributed by atoms with Crippen molar-refractivity contribution in [2.75, 3.05) is 0 Å². The van der Waals surface area contributed by atoms with E-state index in [9.17, 15) is 0 Å². The molecule has 70 valence electrons. The summed E-state index contributed by atoms with van der Waals surface area (Å²) < 4.78 is 0. The highest BCUT2D eigenvalue weighted by molar-refractivity contribution is 5.18. The van der Waals surface area contributed by atoms with E-state index in [2.05, 4.69) is 24.3 Å². The maximum absolute atomic E-state index is 6.11. The van der Waals surface area contributed by atoms with E-state index >= 15 is 0 Å². The highest BCUT2D eigenvalue weighted by atomic mass is 14.6. The van der Waals surface area contributed by atoms with Crippen LogP contribution in [0.5, 0.6) is 0 Å². The topological polar surface area (TPSA) is 26.0 Å². The Kier molecular flexibility index (Phi) is 2.65. The van der Waals surface area contributed by atoms with E-state index in [1.807, 2.05) is 6.07 Å². The second-order valence-corrected chi connectivity index (χ2v) is 4.05. The highest BCUT2D eigenvalue weighted by Gasteiger charge is 2.20. The second kappa shape index (κ2) is 3.93. The first-order valence-corrected chi connectivity index (χ1v) is 5.17. The molecular formula is C12H17N. The van der Waals surface area contributed by atoms with Crippen LogP contribution < -0.4 is 5.73 Å². The summed E-state index contributed by atoms with van der Waals surface area (Å²) in [5.74, 6) is 0.898. The van der Waals surface area contributed by atoms with Crippen LogP contribution in [0.4, 0.5) is 0 Å². The molecule has 0 amide bonds. The molecule has 1 fully saturated rings. The Morgan fingerprint density at radius 1 is 1.23 bits per heavy atom. The predicted molar refractivity (Wildman–Crippen MR) is 55.3 cm³/mol. The zero-order valence-corrected chi connectivity index (χ0v) is 7.95. The summed E-state index contributed by atoms with van der Waals surface area (Å²) in [7, 11) is 0. The van der Waals surface area contributed by atoms with Crippen LogP contribution in [0.25, 0.3) is 0 Å². The van der Waals surface area contributed by atoms with Gasteiger partial charge in [0, 0.05) is 6.04 Å². The summed E-state index contributed by atoms with van der Waals surface area (Å²) in [6, 6.07) is 10.7. The molecule has 1 aliphatic carbocycles. The van der Waals surface area contributed by atoms with Crippen molar-refractivity contribution in [3.63, 3.8) is 0 Å². The largest absolute Gasteiger partial charge is 0.324 e. The molecule has 0 bridgehead atoms. The Morgan fingerprint density at radius 2 is 1.92 bits per heavy atom. The van der Waals surface area contributed by atoms with Gasteiger partial charge in [-0.05, 0) is 17.9 Å². The summed E-state index contributed by atoms with van der Waals surface area (Å²) in [6.45, 7) is 0. The number of nitrogens with two attached hydrogens (primary N) is 1. The van der Waals surface area contributed by atoms with Gasteiger partial charge in [-0.25, -0.2) is 0 Å². The fourth-order valence-corrected chi connectivity index (χ4v) is 1.92. The second-order valence-electron chi connectivity index (χ2n) is 4.05. The van der Waals surface area contributed by atoms with E-state index < -0.39 is 0 Å². The van der Waals surface area contributed by atoms with Crippen LogP contribution >= 0.6 is 0 Å². The molecule has 1 nitrogen and oxygen atoms in total. The quantitative estimate of drug-likeness (QED) is 0.751. The van der Waals surface area contributed by atoms with Gasteiger partial charge in [-0.15, -0.1) is 0 Å². The molecule has 1 heteroatoms. The van der Waals surface area contributed by atoms with E-state index in [-0.39, 0.29) is 6.04 Å². The van der Waals surface area contributed by atoms with Crippen LogP contribution in [0.1, 0.15) is 37.3 Å². The van der Waals surface area contributed by atoms with Gasteiger partial charge in [-0.3, -0.25) is 0 Å². The standard InChI is InChI=1S/C12H17N/c13-12(9-10-5-4-6-10)11-7-2-1-3-8-11/h1-3,7-8,10,12H,4-6,9,13H2/t12-/m0/s1. The first-order chi connectivity index (χ1) is 6.36. The van der Waals surface area contributed by atoms with Crippen molar-refractivity contribution in [2.24, 2.45) is 11.7 Å². The molecule has 0 heterocycles. The van der Waals surface area contributed by atoms with Crippen LogP contribution in [-0.2, 0) is 0 Å². The molecule has 1 saturated carbocycles. The summed E-state index contributed by atoms with van der Waals surface area (Å²) in [5, 5.41) is 0. The van der Waals surface area contributed by atoms with Gasteiger partial charge in [-0.2, -0.15) is 0 Å². The number of benzene rings is 1. The van der Waals surface area contributed by atoms with Crippen molar-refractivity contribution in [3.8, 4) is 0 Å². The molecule has 0 aromatic heterocycles. The van der Waals surface area contributed by atoms with Crippen molar-refractivity contribution in [2.45, 2.75) is 31.7 Å². The van der Waals surface area contributed by atoms with Crippen molar-refractivity contribution < 1.29 is 0 Å². The molecule has 2 rings (SSSR count). The minimum Gasteiger partial charge on any atom is -0.324 e. The van der Waals surface area contributed by atoms with E-state index in [0.29, 0.717) is 0 Å². The molecule has 1 aromatic rings. The highest BCUT2D eigenvalue weighted by Crippen LogP contribution is 2.33. The van der Waals surface area contributed by atoms with Crippen molar-refractivity contribution in [3.05, 3.63) is 35.9 Å². The van der Waals surface area contributed by atoms with Gasteiger partial charge in [-0.1, -0.05) is 49.6 Å². The van der Waals surface area contributed by atoms with Crippen LogP contribution in [0.2, 0.25) is 0 Å². The van der Waals surface area contributed by atoms with Crippen molar-refractivity contribution >= 4 is 0 Å². The normalized spacial score (nSPS) is 19.5. The maximum Gasteiger partial charge on any atom is 0.0297 e. The molecule has 0 unspecified atom stereocenters. The summed E-state index contributed by atoms with van der Waals surface area (Å²) >= 11 is 0. The molecule has 0 aliphatic heterocycles. The lowest BCUT2D eigenvalue weighted by Crippen LogP contribution is -2.19. The minimum atomic E-state index is 0.256. The van der Waals surface area contributed by atoms with Gasteiger partial charge in [0.2, 0.25) is 0 Å². The molecule has 2 N–H and O–H groups in total. The van der Waals surface area contributed by atoms with E-state index in [1.54, 1.807) is 0 Å². The Morgan fingerprint density at radius 3 is 2.46 bits per heavy atom. The Balaban J connectivity index is 1.92. The van der Waals surface area contributed by atoms with Gasteiger partial charge in [0.25, 0.3) is 0 Å². The van der Waals surface area contributed by atoms with Gasteiger partial charge >= 0.3 is 0 Å². The Labute approximate surface area is 80.0 Å². The molecule has 1 atom stereocenters. The molecule has 0 spiro atoms. The first-order valence-electron chi connectivity index (χ1n) is 5.17. The summed E-state index contributed by atoms with van der Waals surface area (Å²) in [6.07, 6.45) is 5.36. The minimum absolute atomic E-state index is 0.256. The lowest BCUT2D eigenvalue weighted by molar-refractivity contribution is 0.277. The van der Waals surface area contributed by atoms with E-state index in [1.165, 1.54) is 31.2 Å². The molecule has 1 aliphatic rings. The zero-order valence-electron chi connectivity index (χ0n) is 7.95. The van der Waals surface area contributed by atoms with Gasteiger partial charge in [0.05, 0.1) is 0 Å². The number of hydrogen-bond donors (Lipinski definition) is 1.